The summed E-state index contributed by atoms with van der Waals surface area (Å²) in [6, 6.07) is 8.07. The van der Waals surface area contributed by atoms with Crippen molar-refractivity contribution in [2.45, 2.75) is 32.5 Å². The van der Waals surface area contributed by atoms with Gasteiger partial charge in [-0.1, -0.05) is 31.2 Å². The molecule has 0 aliphatic heterocycles. The molecule has 20 heavy (non-hydrogen) atoms. The molecule has 1 rings (SSSR count). The Morgan fingerprint density at radius 3 is 2.25 bits per heavy atom. The molecule has 5 heteroatoms. The van der Waals surface area contributed by atoms with E-state index >= 15 is 0 Å². The minimum Gasteiger partial charge on any atom is -0.317 e. The molecule has 1 aromatic rings. The molecule has 0 atom stereocenters. The Kier molecular flexibility index (Phi) is 7.02. The summed E-state index contributed by atoms with van der Waals surface area (Å²) in [6.45, 7) is 4.55. The molecule has 0 radical (unpaired) electrons. The van der Waals surface area contributed by atoms with Crippen molar-refractivity contribution in [3.8, 4) is 0 Å². The van der Waals surface area contributed by atoms with Crippen molar-refractivity contribution in [1.29, 1.82) is 0 Å². The van der Waals surface area contributed by atoms with Crippen molar-refractivity contribution in [1.82, 2.24) is 10.2 Å². The molecular weight excluding hydrogens is 265 g/mol. The lowest BCUT2D eigenvalue weighted by atomic mass is 10.1. The van der Waals surface area contributed by atoms with Crippen molar-refractivity contribution in [3.63, 3.8) is 0 Å². The van der Waals surface area contributed by atoms with Gasteiger partial charge in [0, 0.05) is 13.1 Å². The Bertz CT molecular complexity index is 374. The van der Waals surface area contributed by atoms with Gasteiger partial charge >= 0.3 is 6.18 Å². The van der Waals surface area contributed by atoms with E-state index in [-0.39, 0.29) is 6.54 Å². The molecular formula is C15H23F3N2. The molecule has 1 aromatic carbocycles. The SMILES string of the molecule is CCNCCc1ccc(CN(C)CCC(F)(F)F)cc1. The molecule has 114 valence electrons. The van der Waals surface area contributed by atoms with Crippen LogP contribution in [0.5, 0.6) is 0 Å². The zero-order valence-corrected chi connectivity index (χ0v) is 12.1. The molecule has 0 bridgehead atoms. The van der Waals surface area contributed by atoms with E-state index in [1.54, 1.807) is 11.9 Å². The lowest BCUT2D eigenvalue weighted by molar-refractivity contribution is -0.137. The first kappa shape index (κ1) is 17.0. The van der Waals surface area contributed by atoms with Gasteiger partial charge < -0.3 is 10.2 Å². The summed E-state index contributed by atoms with van der Waals surface area (Å²) in [6.07, 6.45) is -3.87. The van der Waals surface area contributed by atoms with Gasteiger partial charge in [0.2, 0.25) is 0 Å². The molecule has 2 nitrogen and oxygen atoms in total. The van der Waals surface area contributed by atoms with Crippen LogP contribution in [0.1, 0.15) is 24.5 Å². The second-order valence-electron chi connectivity index (χ2n) is 5.02. The van der Waals surface area contributed by atoms with E-state index in [4.69, 9.17) is 0 Å². The molecule has 0 unspecified atom stereocenters. The monoisotopic (exact) mass is 288 g/mol. The zero-order chi connectivity index (χ0) is 15.0. The van der Waals surface area contributed by atoms with Crippen LogP contribution in [0.3, 0.4) is 0 Å². The maximum absolute atomic E-state index is 12.1. The largest absolute Gasteiger partial charge is 0.390 e. The Balaban J connectivity index is 2.36. The number of hydrogen-bond donors (Lipinski definition) is 1. The third-order valence-corrected chi connectivity index (χ3v) is 3.09. The second-order valence-corrected chi connectivity index (χ2v) is 5.02. The first-order valence-electron chi connectivity index (χ1n) is 6.94. The van der Waals surface area contributed by atoms with E-state index in [1.165, 1.54) is 5.56 Å². The van der Waals surface area contributed by atoms with Crippen molar-refractivity contribution < 1.29 is 13.2 Å². The predicted molar refractivity (Wildman–Crippen MR) is 75.7 cm³/mol. The Morgan fingerprint density at radius 2 is 1.70 bits per heavy atom. The third-order valence-electron chi connectivity index (χ3n) is 3.09. The van der Waals surface area contributed by atoms with Crippen LogP contribution in [0, 0.1) is 0 Å². The third kappa shape index (κ3) is 7.50. The molecule has 0 spiro atoms. The summed E-state index contributed by atoms with van der Waals surface area (Å²) in [5.74, 6) is 0. The highest BCUT2D eigenvalue weighted by Crippen LogP contribution is 2.19. The van der Waals surface area contributed by atoms with Gasteiger partial charge in [-0.15, -0.1) is 0 Å². The average molecular weight is 288 g/mol. The van der Waals surface area contributed by atoms with Gasteiger partial charge in [-0.25, -0.2) is 0 Å². The van der Waals surface area contributed by atoms with E-state index in [9.17, 15) is 13.2 Å². The number of rotatable bonds is 8. The first-order valence-corrected chi connectivity index (χ1v) is 6.94. The fourth-order valence-electron chi connectivity index (χ4n) is 1.93. The van der Waals surface area contributed by atoms with Gasteiger partial charge in [-0.2, -0.15) is 13.2 Å². The molecule has 0 aromatic heterocycles. The summed E-state index contributed by atoms with van der Waals surface area (Å²) in [7, 11) is 1.71. The highest BCUT2D eigenvalue weighted by Gasteiger charge is 2.26. The number of nitrogens with one attached hydrogen (secondary N) is 1. The van der Waals surface area contributed by atoms with E-state index in [0.717, 1.165) is 25.1 Å². The van der Waals surface area contributed by atoms with Crippen LogP contribution in [-0.4, -0.2) is 37.8 Å². The standard InChI is InChI=1S/C15H23F3N2/c1-3-19-10-8-13-4-6-14(7-5-13)12-20(2)11-9-15(16,17)18/h4-7,19H,3,8-12H2,1-2H3. The Morgan fingerprint density at radius 1 is 1.10 bits per heavy atom. The van der Waals surface area contributed by atoms with Crippen LogP contribution in [0.15, 0.2) is 24.3 Å². The van der Waals surface area contributed by atoms with Gasteiger partial charge in [-0.3, -0.25) is 0 Å². The van der Waals surface area contributed by atoms with Gasteiger partial charge in [0.25, 0.3) is 0 Å². The summed E-state index contributed by atoms with van der Waals surface area (Å²) < 4.78 is 36.4. The topological polar surface area (TPSA) is 15.3 Å². The molecule has 0 aliphatic carbocycles. The minimum absolute atomic E-state index is 0.0334. The quantitative estimate of drug-likeness (QED) is 0.739. The fourth-order valence-corrected chi connectivity index (χ4v) is 1.93. The zero-order valence-electron chi connectivity index (χ0n) is 12.1. The molecule has 0 aliphatic rings. The number of benzene rings is 1. The summed E-state index contributed by atoms with van der Waals surface area (Å²) in [5.41, 5.74) is 2.29. The normalized spacial score (nSPS) is 12.1. The number of hydrogen-bond acceptors (Lipinski definition) is 2. The lowest BCUT2D eigenvalue weighted by Crippen LogP contribution is -2.24. The van der Waals surface area contributed by atoms with E-state index in [0.29, 0.717) is 6.54 Å². The number of halogens is 3. The maximum Gasteiger partial charge on any atom is 0.390 e. The van der Waals surface area contributed by atoms with Gasteiger partial charge in [-0.05, 0) is 37.7 Å². The average Bonchev–Trinajstić information content (AvgIpc) is 2.38. The maximum atomic E-state index is 12.1. The number of alkyl halides is 3. The van der Waals surface area contributed by atoms with Gasteiger partial charge in [0.05, 0.1) is 6.42 Å². The molecule has 0 heterocycles. The lowest BCUT2D eigenvalue weighted by Gasteiger charge is -2.17. The van der Waals surface area contributed by atoms with Crippen molar-refractivity contribution in [2.24, 2.45) is 0 Å². The van der Waals surface area contributed by atoms with Crippen LogP contribution in [0.4, 0.5) is 13.2 Å². The highest BCUT2D eigenvalue weighted by atomic mass is 19.4. The summed E-state index contributed by atoms with van der Waals surface area (Å²) in [4.78, 5) is 1.70. The van der Waals surface area contributed by atoms with Crippen LogP contribution >= 0.6 is 0 Å². The van der Waals surface area contributed by atoms with Crippen LogP contribution in [-0.2, 0) is 13.0 Å². The second kappa shape index (κ2) is 8.27. The highest BCUT2D eigenvalue weighted by molar-refractivity contribution is 5.22. The van der Waals surface area contributed by atoms with Crippen LogP contribution in [0.2, 0.25) is 0 Å². The Labute approximate surface area is 119 Å². The van der Waals surface area contributed by atoms with E-state index in [2.05, 4.69) is 12.2 Å². The van der Waals surface area contributed by atoms with E-state index in [1.807, 2.05) is 24.3 Å². The van der Waals surface area contributed by atoms with Crippen molar-refractivity contribution in [3.05, 3.63) is 35.4 Å². The minimum atomic E-state index is -4.08. The van der Waals surface area contributed by atoms with Crippen LogP contribution < -0.4 is 5.32 Å². The molecule has 0 amide bonds. The smallest absolute Gasteiger partial charge is 0.317 e. The predicted octanol–water partition coefficient (Wildman–Crippen LogP) is 3.22. The molecule has 0 fully saturated rings. The van der Waals surface area contributed by atoms with Crippen LogP contribution in [0.25, 0.3) is 0 Å². The van der Waals surface area contributed by atoms with Crippen molar-refractivity contribution >= 4 is 0 Å². The number of nitrogens with zero attached hydrogens (tertiary/aromatic N) is 1. The molecule has 1 N–H and O–H groups in total. The van der Waals surface area contributed by atoms with Gasteiger partial charge in [0.1, 0.15) is 0 Å². The fraction of sp³-hybridized carbons (Fsp3) is 0.600. The summed E-state index contributed by atoms with van der Waals surface area (Å²) >= 11 is 0. The van der Waals surface area contributed by atoms with E-state index < -0.39 is 12.6 Å². The molecule has 0 saturated heterocycles. The van der Waals surface area contributed by atoms with Crippen molar-refractivity contribution in [2.75, 3.05) is 26.7 Å². The molecule has 0 saturated carbocycles. The number of likely N-dealkylation sites (N-methyl/N-ethyl adjacent to an activating group) is 1. The summed E-state index contributed by atoms with van der Waals surface area (Å²) in [5, 5.41) is 3.26. The van der Waals surface area contributed by atoms with Gasteiger partial charge in [0.15, 0.2) is 0 Å². The first-order chi connectivity index (χ1) is 9.40. The Hall–Kier alpha value is -1.07.